The lowest BCUT2D eigenvalue weighted by Crippen LogP contribution is -2.37. The van der Waals surface area contributed by atoms with Crippen LogP contribution in [-0.4, -0.2) is 47.1 Å². The summed E-state index contributed by atoms with van der Waals surface area (Å²) in [6, 6.07) is 0.690. The van der Waals surface area contributed by atoms with Crippen LogP contribution < -0.4 is 4.90 Å². The highest BCUT2D eigenvalue weighted by atomic mass is 35.5. The highest BCUT2D eigenvalue weighted by molar-refractivity contribution is 6.30. The molecule has 0 amide bonds. The van der Waals surface area contributed by atoms with Crippen molar-refractivity contribution in [3.8, 4) is 0 Å². The quantitative estimate of drug-likeness (QED) is 0.803. The molecule has 0 spiro atoms. The maximum Gasteiger partial charge on any atom is 0.137 e. The van der Waals surface area contributed by atoms with Crippen LogP contribution in [0.1, 0.15) is 44.0 Å². The van der Waals surface area contributed by atoms with Crippen LogP contribution in [0.4, 0.5) is 5.82 Å². The van der Waals surface area contributed by atoms with Gasteiger partial charge in [0.1, 0.15) is 16.8 Å². The zero-order chi connectivity index (χ0) is 14.8. The normalized spacial score (nSPS) is 23.2. The molecule has 5 heteroatoms. The topological polar surface area (TPSA) is 32.3 Å². The van der Waals surface area contributed by atoms with Crippen molar-refractivity contribution in [2.75, 3.05) is 31.1 Å². The van der Waals surface area contributed by atoms with Gasteiger partial charge in [-0.15, -0.1) is 0 Å². The summed E-state index contributed by atoms with van der Waals surface area (Å²) in [4.78, 5) is 14.3. The molecule has 4 nitrogen and oxygen atoms in total. The second-order valence-corrected chi connectivity index (χ2v) is 6.62. The Hall–Kier alpha value is -0.870. The number of halogens is 1. The molecule has 2 fully saturated rings. The lowest BCUT2D eigenvalue weighted by molar-refractivity contribution is 0.273. The molecule has 1 aromatic rings. The third-order valence-electron chi connectivity index (χ3n) is 4.68. The molecule has 21 heavy (non-hydrogen) atoms. The van der Waals surface area contributed by atoms with Gasteiger partial charge in [0.05, 0.1) is 0 Å². The summed E-state index contributed by atoms with van der Waals surface area (Å²) in [5.74, 6) is 1.95. The molecule has 2 saturated heterocycles. The van der Waals surface area contributed by atoms with Crippen molar-refractivity contribution in [1.29, 1.82) is 0 Å². The SMILES string of the molecule is CCCc1nc(Cl)c(C)c(N2CCCN3CCCC3C2)n1. The first-order chi connectivity index (χ1) is 10.2. The van der Waals surface area contributed by atoms with E-state index in [9.17, 15) is 0 Å². The third kappa shape index (κ3) is 3.16. The van der Waals surface area contributed by atoms with E-state index in [0.717, 1.165) is 43.1 Å². The first-order valence-electron chi connectivity index (χ1n) is 8.21. The number of anilines is 1. The van der Waals surface area contributed by atoms with Crippen molar-refractivity contribution in [3.63, 3.8) is 0 Å². The molecule has 1 atom stereocenters. The van der Waals surface area contributed by atoms with Crippen molar-refractivity contribution in [1.82, 2.24) is 14.9 Å². The summed E-state index contributed by atoms with van der Waals surface area (Å²) >= 11 is 6.34. The Morgan fingerprint density at radius 1 is 1.19 bits per heavy atom. The largest absolute Gasteiger partial charge is 0.355 e. The molecular formula is C16H25ClN4. The van der Waals surface area contributed by atoms with Gasteiger partial charge in [0.15, 0.2) is 0 Å². The maximum atomic E-state index is 6.34. The van der Waals surface area contributed by atoms with Gasteiger partial charge in [-0.05, 0) is 39.2 Å². The van der Waals surface area contributed by atoms with Gasteiger partial charge in [0.2, 0.25) is 0 Å². The second kappa shape index (κ2) is 6.49. The van der Waals surface area contributed by atoms with Gasteiger partial charge in [-0.25, -0.2) is 9.97 Å². The summed E-state index contributed by atoms with van der Waals surface area (Å²) < 4.78 is 0. The van der Waals surface area contributed by atoms with E-state index < -0.39 is 0 Å². The Kier molecular flexibility index (Phi) is 4.65. The number of hydrogen-bond acceptors (Lipinski definition) is 4. The van der Waals surface area contributed by atoms with E-state index in [-0.39, 0.29) is 0 Å². The Bertz CT molecular complexity index is 505. The van der Waals surface area contributed by atoms with Gasteiger partial charge >= 0.3 is 0 Å². The van der Waals surface area contributed by atoms with Crippen LogP contribution in [0.25, 0.3) is 0 Å². The van der Waals surface area contributed by atoms with Crippen LogP contribution in [0.15, 0.2) is 0 Å². The smallest absolute Gasteiger partial charge is 0.137 e. The second-order valence-electron chi connectivity index (χ2n) is 6.26. The number of rotatable bonds is 3. The zero-order valence-corrected chi connectivity index (χ0v) is 13.9. The predicted molar refractivity (Wildman–Crippen MR) is 87.2 cm³/mol. The Balaban J connectivity index is 1.87. The highest BCUT2D eigenvalue weighted by Crippen LogP contribution is 2.28. The molecule has 1 aromatic heterocycles. The Morgan fingerprint density at radius 3 is 2.81 bits per heavy atom. The molecule has 0 bridgehead atoms. The van der Waals surface area contributed by atoms with E-state index in [2.05, 4.69) is 21.7 Å². The first-order valence-corrected chi connectivity index (χ1v) is 8.59. The summed E-state index contributed by atoms with van der Waals surface area (Å²) in [5.41, 5.74) is 1.03. The molecule has 0 radical (unpaired) electrons. The number of hydrogen-bond donors (Lipinski definition) is 0. The number of nitrogens with zero attached hydrogens (tertiary/aromatic N) is 4. The predicted octanol–water partition coefficient (Wildman–Crippen LogP) is 3.07. The van der Waals surface area contributed by atoms with Gasteiger partial charge < -0.3 is 4.90 Å². The molecule has 0 saturated carbocycles. The van der Waals surface area contributed by atoms with Crippen LogP contribution in [0.2, 0.25) is 5.15 Å². The summed E-state index contributed by atoms with van der Waals surface area (Å²) in [5, 5.41) is 0.621. The average molecular weight is 309 g/mol. The minimum Gasteiger partial charge on any atom is -0.355 e. The summed E-state index contributed by atoms with van der Waals surface area (Å²) in [7, 11) is 0. The van der Waals surface area contributed by atoms with Gasteiger partial charge in [-0.2, -0.15) is 0 Å². The molecule has 1 unspecified atom stereocenters. The summed E-state index contributed by atoms with van der Waals surface area (Å²) in [6.45, 7) is 8.85. The third-order valence-corrected chi connectivity index (χ3v) is 5.05. The first kappa shape index (κ1) is 15.0. The van der Waals surface area contributed by atoms with E-state index in [1.807, 2.05) is 6.92 Å². The summed E-state index contributed by atoms with van der Waals surface area (Å²) in [6.07, 6.45) is 5.81. The van der Waals surface area contributed by atoms with E-state index in [0.29, 0.717) is 11.2 Å². The average Bonchev–Trinajstić information content (AvgIpc) is 2.80. The molecule has 3 heterocycles. The number of aryl methyl sites for hydroxylation is 1. The molecule has 0 aromatic carbocycles. The minimum atomic E-state index is 0.621. The van der Waals surface area contributed by atoms with Gasteiger partial charge in [-0.1, -0.05) is 18.5 Å². The Labute approximate surface area is 132 Å². The van der Waals surface area contributed by atoms with Crippen molar-refractivity contribution < 1.29 is 0 Å². The van der Waals surface area contributed by atoms with E-state index in [1.54, 1.807) is 0 Å². The molecule has 3 rings (SSSR count). The minimum absolute atomic E-state index is 0.621. The van der Waals surface area contributed by atoms with Gasteiger partial charge in [0.25, 0.3) is 0 Å². The van der Waals surface area contributed by atoms with E-state index in [4.69, 9.17) is 16.6 Å². The van der Waals surface area contributed by atoms with E-state index in [1.165, 1.54) is 32.4 Å². The van der Waals surface area contributed by atoms with Crippen LogP contribution >= 0.6 is 11.6 Å². The van der Waals surface area contributed by atoms with Crippen LogP contribution in [0.3, 0.4) is 0 Å². The maximum absolute atomic E-state index is 6.34. The van der Waals surface area contributed by atoms with Crippen molar-refractivity contribution in [2.24, 2.45) is 0 Å². The number of fused-ring (bicyclic) bond motifs is 1. The fourth-order valence-electron chi connectivity index (χ4n) is 3.56. The number of aromatic nitrogens is 2. The van der Waals surface area contributed by atoms with Crippen LogP contribution in [0.5, 0.6) is 0 Å². The van der Waals surface area contributed by atoms with Crippen molar-refractivity contribution in [3.05, 3.63) is 16.5 Å². The molecule has 0 aliphatic carbocycles. The fraction of sp³-hybridized carbons (Fsp3) is 0.750. The van der Waals surface area contributed by atoms with Crippen LogP contribution in [-0.2, 0) is 6.42 Å². The van der Waals surface area contributed by atoms with Crippen molar-refractivity contribution in [2.45, 2.75) is 52.0 Å². The lowest BCUT2D eigenvalue weighted by Gasteiger charge is -2.28. The molecule has 0 N–H and O–H groups in total. The highest BCUT2D eigenvalue weighted by Gasteiger charge is 2.30. The van der Waals surface area contributed by atoms with Gasteiger partial charge in [-0.3, -0.25) is 4.90 Å². The molecule has 2 aliphatic heterocycles. The van der Waals surface area contributed by atoms with E-state index >= 15 is 0 Å². The monoisotopic (exact) mass is 308 g/mol. The fourth-order valence-corrected chi connectivity index (χ4v) is 3.74. The zero-order valence-electron chi connectivity index (χ0n) is 13.1. The molecule has 2 aliphatic rings. The van der Waals surface area contributed by atoms with Crippen LogP contribution in [0, 0.1) is 6.92 Å². The van der Waals surface area contributed by atoms with Gasteiger partial charge in [0, 0.05) is 37.7 Å². The standard InChI is InChI=1S/C16H25ClN4/c1-3-6-14-18-15(17)12(2)16(19-14)21-10-5-9-20-8-4-7-13(20)11-21/h13H,3-11H2,1-2H3. The van der Waals surface area contributed by atoms with Crippen molar-refractivity contribution >= 4 is 17.4 Å². The molecule has 116 valence electrons. The lowest BCUT2D eigenvalue weighted by atomic mass is 10.2. The molecular weight excluding hydrogens is 284 g/mol. The Morgan fingerprint density at radius 2 is 2.00 bits per heavy atom.